The molecule has 5 N–H and O–H groups in total. The smallest absolute Gasteiger partial charge is 0.266 e. The second kappa shape index (κ2) is 8.26. The van der Waals surface area contributed by atoms with Crippen molar-refractivity contribution >= 4 is 23.0 Å². The molecule has 0 saturated carbocycles. The molecule has 1 amide bonds. The topological polar surface area (TPSA) is 96.2 Å². The summed E-state index contributed by atoms with van der Waals surface area (Å²) in [5.74, 6) is -0.149. The Morgan fingerprint density at radius 1 is 1.41 bits per heavy atom. The minimum absolute atomic E-state index is 0. The number of hydrogen-bond acceptors (Lipinski definition) is 4. The average molecular weight is 326 g/mol. The molecule has 22 heavy (non-hydrogen) atoms. The first-order valence-electron chi connectivity index (χ1n) is 6.63. The molecule has 0 aliphatic rings. The van der Waals surface area contributed by atoms with Gasteiger partial charge in [0.15, 0.2) is 6.54 Å². The third kappa shape index (κ3) is 4.94. The third-order valence-corrected chi connectivity index (χ3v) is 2.89. The SMILES string of the molecule is Cn1cc[n+](CC(=O)Nc2cc(N)ccc2NCCO)c1.[Cl-]. The summed E-state index contributed by atoms with van der Waals surface area (Å²) in [6.45, 7) is 0.632. The van der Waals surface area contributed by atoms with E-state index in [1.165, 1.54) is 0 Å². The number of anilines is 3. The molecule has 2 rings (SSSR count). The lowest BCUT2D eigenvalue weighted by Gasteiger charge is -2.12. The Morgan fingerprint density at radius 2 is 2.18 bits per heavy atom. The van der Waals surface area contributed by atoms with Crippen molar-refractivity contribution in [1.82, 2.24) is 4.57 Å². The zero-order valence-corrected chi connectivity index (χ0v) is 13.0. The second-order valence-corrected chi connectivity index (χ2v) is 4.75. The molecule has 1 heterocycles. The Bertz CT molecular complexity index is 629. The lowest BCUT2D eigenvalue weighted by Crippen LogP contribution is -3.00. The van der Waals surface area contributed by atoms with E-state index in [0.717, 1.165) is 5.69 Å². The van der Waals surface area contributed by atoms with Crippen LogP contribution in [0.2, 0.25) is 0 Å². The average Bonchev–Trinajstić information content (AvgIpc) is 2.83. The molecular formula is C14H20ClN5O2. The van der Waals surface area contributed by atoms with Crippen molar-refractivity contribution in [3.05, 3.63) is 36.9 Å². The summed E-state index contributed by atoms with van der Waals surface area (Å²) in [6.07, 6.45) is 5.51. The van der Waals surface area contributed by atoms with Crippen molar-refractivity contribution in [1.29, 1.82) is 0 Å². The summed E-state index contributed by atoms with van der Waals surface area (Å²) in [5.41, 5.74) is 7.64. The van der Waals surface area contributed by atoms with Gasteiger partial charge in [0, 0.05) is 12.2 Å². The molecule has 0 saturated heterocycles. The molecule has 0 aliphatic carbocycles. The molecule has 0 unspecified atom stereocenters. The van der Waals surface area contributed by atoms with Gasteiger partial charge < -0.3 is 33.9 Å². The van der Waals surface area contributed by atoms with E-state index in [1.807, 2.05) is 30.3 Å². The third-order valence-electron chi connectivity index (χ3n) is 2.89. The summed E-state index contributed by atoms with van der Waals surface area (Å²) in [6, 6.07) is 5.20. The van der Waals surface area contributed by atoms with Gasteiger partial charge in [-0.1, -0.05) is 0 Å². The Hall–Kier alpha value is -2.25. The number of amides is 1. The van der Waals surface area contributed by atoms with Crippen molar-refractivity contribution in [2.45, 2.75) is 6.54 Å². The molecule has 0 fully saturated rings. The van der Waals surface area contributed by atoms with Crippen molar-refractivity contribution < 1.29 is 26.9 Å². The molecule has 0 radical (unpaired) electrons. The molecule has 1 aromatic heterocycles. The maximum absolute atomic E-state index is 12.1. The fourth-order valence-corrected chi connectivity index (χ4v) is 1.96. The summed E-state index contributed by atoms with van der Waals surface area (Å²) >= 11 is 0. The van der Waals surface area contributed by atoms with Gasteiger partial charge in [0.05, 0.1) is 25.0 Å². The van der Waals surface area contributed by atoms with Gasteiger partial charge in [0.25, 0.3) is 5.91 Å². The van der Waals surface area contributed by atoms with E-state index in [2.05, 4.69) is 10.6 Å². The van der Waals surface area contributed by atoms with E-state index >= 15 is 0 Å². The van der Waals surface area contributed by atoms with Crippen molar-refractivity contribution in [2.24, 2.45) is 7.05 Å². The van der Waals surface area contributed by atoms with Crippen LogP contribution in [-0.4, -0.2) is 28.7 Å². The number of hydrogen-bond donors (Lipinski definition) is 4. The van der Waals surface area contributed by atoms with E-state index in [-0.39, 0.29) is 31.5 Å². The Labute approximate surface area is 135 Å². The number of nitrogens with two attached hydrogens (primary N) is 1. The van der Waals surface area contributed by atoms with Crippen LogP contribution in [0.1, 0.15) is 0 Å². The van der Waals surface area contributed by atoms with Crippen LogP contribution in [0.15, 0.2) is 36.9 Å². The van der Waals surface area contributed by atoms with Gasteiger partial charge in [-0.3, -0.25) is 4.79 Å². The highest BCUT2D eigenvalue weighted by Crippen LogP contribution is 2.24. The van der Waals surface area contributed by atoms with Crippen LogP contribution in [0, 0.1) is 0 Å². The van der Waals surface area contributed by atoms with Crippen LogP contribution < -0.4 is 33.3 Å². The van der Waals surface area contributed by atoms with Crippen molar-refractivity contribution in [3.8, 4) is 0 Å². The predicted octanol–water partition coefficient (Wildman–Crippen LogP) is -3.06. The number of imidazole rings is 1. The molecule has 0 spiro atoms. The van der Waals surface area contributed by atoms with E-state index in [9.17, 15) is 4.79 Å². The normalized spacial score (nSPS) is 9.91. The Morgan fingerprint density at radius 3 is 2.82 bits per heavy atom. The highest BCUT2D eigenvalue weighted by atomic mass is 35.5. The lowest BCUT2D eigenvalue weighted by molar-refractivity contribution is -0.683. The van der Waals surface area contributed by atoms with Crippen molar-refractivity contribution in [3.63, 3.8) is 0 Å². The van der Waals surface area contributed by atoms with E-state index in [1.54, 1.807) is 22.8 Å². The van der Waals surface area contributed by atoms with Gasteiger partial charge in [-0.2, -0.15) is 0 Å². The van der Waals surface area contributed by atoms with Crippen molar-refractivity contribution in [2.75, 3.05) is 29.5 Å². The molecule has 8 heteroatoms. The molecule has 7 nitrogen and oxygen atoms in total. The lowest BCUT2D eigenvalue weighted by atomic mass is 10.2. The first kappa shape index (κ1) is 17.8. The molecule has 0 atom stereocenters. The van der Waals surface area contributed by atoms with Gasteiger partial charge in [-0.25, -0.2) is 9.13 Å². The molecular weight excluding hydrogens is 306 g/mol. The number of aliphatic hydroxyl groups is 1. The highest BCUT2D eigenvalue weighted by Gasteiger charge is 2.11. The number of nitrogens with zero attached hydrogens (tertiary/aromatic N) is 2. The number of carbonyl (C=O) groups excluding carboxylic acids is 1. The number of carbonyl (C=O) groups is 1. The minimum atomic E-state index is -0.149. The number of nitrogen functional groups attached to an aromatic ring is 1. The van der Waals surface area contributed by atoms with Crippen LogP contribution in [0.3, 0.4) is 0 Å². The van der Waals surface area contributed by atoms with Crippen LogP contribution in [0.4, 0.5) is 17.1 Å². The molecule has 1 aromatic carbocycles. The van der Waals surface area contributed by atoms with Gasteiger partial charge in [0.2, 0.25) is 6.33 Å². The summed E-state index contributed by atoms with van der Waals surface area (Å²) < 4.78 is 3.64. The number of aromatic nitrogens is 2. The first-order valence-corrected chi connectivity index (χ1v) is 6.63. The van der Waals surface area contributed by atoms with Gasteiger partial charge in [0.1, 0.15) is 12.4 Å². The largest absolute Gasteiger partial charge is 1.00 e. The number of benzene rings is 1. The number of rotatable bonds is 6. The van der Waals surface area contributed by atoms with E-state index < -0.39 is 0 Å². The second-order valence-electron chi connectivity index (χ2n) is 4.75. The van der Waals surface area contributed by atoms with E-state index in [4.69, 9.17) is 10.8 Å². The number of halogens is 1. The molecule has 0 bridgehead atoms. The monoisotopic (exact) mass is 325 g/mol. The summed E-state index contributed by atoms with van der Waals surface area (Å²) in [5, 5.41) is 14.7. The first-order chi connectivity index (χ1) is 10.1. The highest BCUT2D eigenvalue weighted by molar-refractivity contribution is 5.94. The number of nitrogens with one attached hydrogen (secondary N) is 2. The van der Waals surface area contributed by atoms with Gasteiger partial charge in [-0.05, 0) is 18.2 Å². The maximum atomic E-state index is 12.1. The molecule has 2 aromatic rings. The Balaban J connectivity index is 0.00000242. The van der Waals surface area contributed by atoms with Crippen LogP contribution in [-0.2, 0) is 18.4 Å². The quantitative estimate of drug-likeness (QED) is 0.335. The Kier molecular flexibility index (Phi) is 6.68. The number of aryl methyl sites for hydroxylation is 1. The fraction of sp³-hybridized carbons (Fsp3) is 0.286. The maximum Gasteiger partial charge on any atom is 0.266 e. The summed E-state index contributed by atoms with van der Waals surface area (Å²) in [7, 11) is 1.89. The standard InChI is InChI=1S/C14H19N5O2.ClH/c1-18-5-6-19(10-18)9-14(21)17-13-8-11(15)2-3-12(13)16-4-7-20;/h2-3,5-6,8,10,16,20H,4,7,9,15H2,1H3;1H. The minimum Gasteiger partial charge on any atom is -1.00 e. The zero-order chi connectivity index (χ0) is 15.2. The fourth-order valence-electron chi connectivity index (χ4n) is 1.96. The van der Waals surface area contributed by atoms with Crippen LogP contribution >= 0.6 is 0 Å². The van der Waals surface area contributed by atoms with Crippen LogP contribution in [0.25, 0.3) is 0 Å². The van der Waals surface area contributed by atoms with Crippen LogP contribution in [0.5, 0.6) is 0 Å². The zero-order valence-electron chi connectivity index (χ0n) is 12.3. The van der Waals surface area contributed by atoms with E-state index in [0.29, 0.717) is 17.9 Å². The summed E-state index contributed by atoms with van der Waals surface area (Å²) in [4.78, 5) is 12.1. The predicted molar refractivity (Wildman–Crippen MR) is 80.7 cm³/mol. The number of aliphatic hydroxyl groups excluding tert-OH is 1. The molecule has 120 valence electrons. The van der Waals surface area contributed by atoms with Gasteiger partial charge >= 0.3 is 0 Å². The van der Waals surface area contributed by atoms with Gasteiger partial charge in [-0.15, -0.1) is 0 Å². The molecule has 0 aliphatic heterocycles.